The molecule has 2 rings (SSSR count). The Bertz CT molecular complexity index is 329. The molecule has 0 bridgehead atoms. The summed E-state index contributed by atoms with van der Waals surface area (Å²) in [6.07, 6.45) is 4.70. The molecular formula is C11H16ClN3. The van der Waals surface area contributed by atoms with Gasteiger partial charge in [-0.25, -0.2) is 0 Å². The van der Waals surface area contributed by atoms with Crippen molar-refractivity contribution in [2.24, 2.45) is 0 Å². The minimum atomic E-state index is 0.752. The van der Waals surface area contributed by atoms with Crippen LogP contribution in [0.1, 0.15) is 6.42 Å². The van der Waals surface area contributed by atoms with Crippen molar-refractivity contribution in [1.29, 1.82) is 0 Å². The lowest BCUT2D eigenvalue weighted by Crippen LogP contribution is -2.28. The van der Waals surface area contributed by atoms with E-state index >= 15 is 0 Å². The van der Waals surface area contributed by atoms with Crippen LogP contribution < -0.4 is 4.90 Å². The van der Waals surface area contributed by atoms with E-state index in [1.54, 1.807) is 12.4 Å². The van der Waals surface area contributed by atoms with E-state index in [0.717, 1.165) is 30.3 Å². The molecule has 0 spiro atoms. The van der Waals surface area contributed by atoms with E-state index in [-0.39, 0.29) is 0 Å². The Morgan fingerprint density at radius 1 is 1.27 bits per heavy atom. The van der Waals surface area contributed by atoms with Gasteiger partial charge in [0.15, 0.2) is 0 Å². The molecule has 3 nitrogen and oxygen atoms in total. The Morgan fingerprint density at radius 3 is 2.93 bits per heavy atom. The first kappa shape index (κ1) is 10.7. The lowest BCUT2D eigenvalue weighted by atomic mass is 10.3. The molecule has 0 atom stereocenters. The van der Waals surface area contributed by atoms with E-state index in [1.165, 1.54) is 13.0 Å². The van der Waals surface area contributed by atoms with Crippen LogP contribution in [0.5, 0.6) is 0 Å². The van der Waals surface area contributed by atoms with Gasteiger partial charge in [-0.2, -0.15) is 0 Å². The molecule has 1 aliphatic heterocycles. The first-order valence-corrected chi connectivity index (χ1v) is 5.68. The summed E-state index contributed by atoms with van der Waals surface area (Å²) < 4.78 is 0. The zero-order chi connectivity index (χ0) is 10.7. The number of hydrogen-bond donors (Lipinski definition) is 0. The molecule has 1 aromatic rings. The number of hydrogen-bond acceptors (Lipinski definition) is 3. The highest BCUT2D eigenvalue weighted by molar-refractivity contribution is 6.33. The van der Waals surface area contributed by atoms with Crippen molar-refractivity contribution in [3.63, 3.8) is 0 Å². The van der Waals surface area contributed by atoms with E-state index in [2.05, 4.69) is 21.8 Å². The third-order valence-electron chi connectivity index (χ3n) is 2.81. The molecule has 2 heterocycles. The maximum absolute atomic E-state index is 6.13. The molecule has 0 radical (unpaired) electrons. The number of aromatic nitrogens is 1. The van der Waals surface area contributed by atoms with E-state index in [9.17, 15) is 0 Å². The average molecular weight is 226 g/mol. The Labute approximate surface area is 95.7 Å². The third kappa shape index (κ3) is 2.61. The van der Waals surface area contributed by atoms with Crippen LogP contribution in [0.2, 0.25) is 5.02 Å². The molecule has 1 aliphatic rings. The van der Waals surface area contributed by atoms with Crippen LogP contribution in [0.3, 0.4) is 0 Å². The predicted octanol–water partition coefficient (Wildman–Crippen LogP) is 1.88. The molecule has 1 fully saturated rings. The van der Waals surface area contributed by atoms with Crippen LogP contribution in [0.15, 0.2) is 18.5 Å². The molecule has 82 valence electrons. The number of likely N-dealkylation sites (N-methyl/N-ethyl adjacent to an activating group) is 1. The summed E-state index contributed by atoms with van der Waals surface area (Å²) in [5.41, 5.74) is 1.11. The summed E-state index contributed by atoms with van der Waals surface area (Å²) in [6.45, 7) is 4.38. The number of halogens is 1. The second kappa shape index (κ2) is 4.81. The standard InChI is InChI=1S/C11H16ClN3/c1-14-5-2-6-15(8-7-14)11-3-4-13-9-10(11)12/h3-4,9H,2,5-8H2,1H3. The molecule has 0 aliphatic carbocycles. The maximum atomic E-state index is 6.13. The topological polar surface area (TPSA) is 19.4 Å². The van der Waals surface area contributed by atoms with Gasteiger partial charge in [-0.1, -0.05) is 11.6 Å². The molecule has 0 aromatic carbocycles. The normalized spacial score (nSPS) is 18.9. The summed E-state index contributed by atoms with van der Waals surface area (Å²) in [5, 5.41) is 0.752. The summed E-state index contributed by atoms with van der Waals surface area (Å²) in [6, 6.07) is 1.99. The average Bonchev–Trinajstić information content (AvgIpc) is 2.44. The minimum Gasteiger partial charge on any atom is -0.369 e. The van der Waals surface area contributed by atoms with E-state index in [0.29, 0.717) is 0 Å². The Balaban J connectivity index is 2.13. The van der Waals surface area contributed by atoms with Gasteiger partial charge in [0, 0.05) is 32.0 Å². The minimum absolute atomic E-state index is 0.752. The first-order valence-electron chi connectivity index (χ1n) is 5.30. The second-order valence-corrected chi connectivity index (χ2v) is 4.38. The molecule has 1 saturated heterocycles. The Kier molecular flexibility index (Phi) is 3.44. The van der Waals surface area contributed by atoms with Gasteiger partial charge in [0.2, 0.25) is 0 Å². The highest BCUT2D eigenvalue weighted by atomic mass is 35.5. The predicted molar refractivity (Wildman–Crippen MR) is 63.6 cm³/mol. The van der Waals surface area contributed by atoms with Crippen LogP contribution >= 0.6 is 11.6 Å². The molecular weight excluding hydrogens is 210 g/mol. The van der Waals surface area contributed by atoms with Gasteiger partial charge in [0.25, 0.3) is 0 Å². The number of pyridine rings is 1. The quantitative estimate of drug-likeness (QED) is 0.728. The van der Waals surface area contributed by atoms with Gasteiger partial charge in [-0.15, -0.1) is 0 Å². The Hall–Kier alpha value is -0.800. The van der Waals surface area contributed by atoms with Crippen molar-refractivity contribution in [3.05, 3.63) is 23.5 Å². The van der Waals surface area contributed by atoms with Crippen molar-refractivity contribution in [3.8, 4) is 0 Å². The second-order valence-electron chi connectivity index (χ2n) is 3.97. The van der Waals surface area contributed by atoms with Gasteiger partial charge in [0.1, 0.15) is 0 Å². The lowest BCUT2D eigenvalue weighted by Gasteiger charge is -2.23. The number of rotatable bonds is 1. The van der Waals surface area contributed by atoms with Gasteiger partial charge in [0.05, 0.1) is 10.7 Å². The van der Waals surface area contributed by atoms with Crippen LogP contribution in [0.4, 0.5) is 5.69 Å². The van der Waals surface area contributed by atoms with Crippen molar-refractivity contribution >= 4 is 17.3 Å². The lowest BCUT2D eigenvalue weighted by molar-refractivity contribution is 0.360. The van der Waals surface area contributed by atoms with Crippen molar-refractivity contribution in [2.45, 2.75) is 6.42 Å². The van der Waals surface area contributed by atoms with Gasteiger partial charge < -0.3 is 9.80 Å². The van der Waals surface area contributed by atoms with Crippen LogP contribution in [0, 0.1) is 0 Å². The molecule has 0 saturated carbocycles. The molecule has 4 heteroatoms. The highest BCUT2D eigenvalue weighted by Gasteiger charge is 2.14. The van der Waals surface area contributed by atoms with E-state index in [1.807, 2.05) is 6.07 Å². The summed E-state index contributed by atoms with van der Waals surface area (Å²) in [4.78, 5) is 8.71. The van der Waals surface area contributed by atoms with E-state index < -0.39 is 0 Å². The SMILES string of the molecule is CN1CCCN(c2ccncc2Cl)CC1. The number of anilines is 1. The van der Waals surface area contributed by atoms with Crippen LogP contribution in [-0.4, -0.2) is 43.1 Å². The van der Waals surface area contributed by atoms with Gasteiger partial charge in [-0.05, 0) is 26.1 Å². The zero-order valence-corrected chi connectivity index (χ0v) is 9.74. The van der Waals surface area contributed by atoms with Crippen LogP contribution in [0.25, 0.3) is 0 Å². The molecule has 0 unspecified atom stereocenters. The van der Waals surface area contributed by atoms with Crippen molar-refractivity contribution in [1.82, 2.24) is 9.88 Å². The number of nitrogens with zero attached hydrogens (tertiary/aromatic N) is 3. The highest BCUT2D eigenvalue weighted by Crippen LogP contribution is 2.24. The van der Waals surface area contributed by atoms with Gasteiger partial charge in [-0.3, -0.25) is 4.98 Å². The van der Waals surface area contributed by atoms with Gasteiger partial charge >= 0.3 is 0 Å². The fraction of sp³-hybridized carbons (Fsp3) is 0.545. The summed E-state index contributed by atoms with van der Waals surface area (Å²) in [7, 11) is 2.16. The third-order valence-corrected chi connectivity index (χ3v) is 3.10. The fourth-order valence-electron chi connectivity index (χ4n) is 1.91. The first-order chi connectivity index (χ1) is 7.27. The van der Waals surface area contributed by atoms with Crippen molar-refractivity contribution in [2.75, 3.05) is 38.1 Å². The molecule has 0 amide bonds. The molecule has 0 N–H and O–H groups in total. The van der Waals surface area contributed by atoms with Crippen LogP contribution in [-0.2, 0) is 0 Å². The largest absolute Gasteiger partial charge is 0.369 e. The monoisotopic (exact) mass is 225 g/mol. The summed E-state index contributed by atoms with van der Waals surface area (Å²) in [5.74, 6) is 0. The maximum Gasteiger partial charge on any atom is 0.0822 e. The molecule has 1 aromatic heterocycles. The fourth-order valence-corrected chi connectivity index (χ4v) is 2.15. The molecule has 15 heavy (non-hydrogen) atoms. The smallest absolute Gasteiger partial charge is 0.0822 e. The summed E-state index contributed by atoms with van der Waals surface area (Å²) >= 11 is 6.13. The van der Waals surface area contributed by atoms with E-state index in [4.69, 9.17) is 11.6 Å². The zero-order valence-electron chi connectivity index (χ0n) is 8.99. The Morgan fingerprint density at radius 2 is 2.13 bits per heavy atom. The van der Waals surface area contributed by atoms with Crippen molar-refractivity contribution < 1.29 is 0 Å².